The average molecular weight is 458 g/mol. The summed E-state index contributed by atoms with van der Waals surface area (Å²) in [5, 5.41) is 6.93. The highest BCUT2D eigenvalue weighted by Gasteiger charge is 2.41. The SMILES string of the molecule is CCNC(=O)CN1CCCN(C(=O)c2cnn(-c3ccc(Cl)cc3)c2C(F)(F)F)CC1. The zero-order valence-electron chi connectivity index (χ0n) is 17.0. The first-order valence-corrected chi connectivity index (χ1v) is 10.3. The number of likely N-dealkylation sites (N-methyl/N-ethyl adjacent to an activating group) is 1. The number of carbonyl (C=O) groups is 2. The van der Waals surface area contributed by atoms with Crippen LogP contribution in [0.3, 0.4) is 0 Å². The molecule has 1 aromatic heterocycles. The van der Waals surface area contributed by atoms with Gasteiger partial charge >= 0.3 is 6.18 Å². The van der Waals surface area contributed by atoms with Crippen LogP contribution in [-0.2, 0) is 11.0 Å². The van der Waals surface area contributed by atoms with Gasteiger partial charge in [-0.25, -0.2) is 4.68 Å². The number of carbonyl (C=O) groups excluding carboxylic acids is 2. The van der Waals surface area contributed by atoms with Crippen LogP contribution >= 0.6 is 11.6 Å². The Balaban J connectivity index is 1.81. The minimum absolute atomic E-state index is 0.120. The number of rotatable bonds is 5. The Hall–Kier alpha value is -2.59. The summed E-state index contributed by atoms with van der Waals surface area (Å²) < 4.78 is 42.4. The molecule has 1 aromatic carbocycles. The second-order valence-electron chi connectivity index (χ2n) is 7.17. The van der Waals surface area contributed by atoms with Crippen LogP contribution < -0.4 is 5.32 Å². The molecule has 1 aliphatic heterocycles. The molecule has 1 aliphatic rings. The fourth-order valence-electron chi connectivity index (χ4n) is 3.51. The number of halogens is 4. The lowest BCUT2D eigenvalue weighted by Gasteiger charge is -2.22. The molecule has 11 heteroatoms. The van der Waals surface area contributed by atoms with Gasteiger partial charge in [-0.15, -0.1) is 0 Å². The number of benzene rings is 1. The summed E-state index contributed by atoms with van der Waals surface area (Å²) in [6, 6.07) is 5.73. The van der Waals surface area contributed by atoms with Crippen LogP contribution in [0, 0.1) is 0 Å². The Bertz CT molecular complexity index is 930. The molecule has 1 N–H and O–H groups in total. The van der Waals surface area contributed by atoms with Crippen LogP contribution in [0.25, 0.3) is 5.69 Å². The normalized spacial score (nSPS) is 15.6. The highest BCUT2D eigenvalue weighted by molar-refractivity contribution is 6.30. The van der Waals surface area contributed by atoms with Crippen molar-refractivity contribution in [1.82, 2.24) is 24.9 Å². The van der Waals surface area contributed by atoms with Gasteiger partial charge in [0.1, 0.15) is 0 Å². The van der Waals surface area contributed by atoms with E-state index in [1.165, 1.54) is 29.2 Å². The number of nitrogens with one attached hydrogen (secondary N) is 1. The average Bonchev–Trinajstić information content (AvgIpc) is 3.03. The van der Waals surface area contributed by atoms with Crippen molar-refractivity contribution >= 4 is 23.4 Å². The summed E-state index contributed by atoms with van der Waals surface area (Å²) in [6.45, 7) is 4.04. The van der Waals surface area contributed by atoms with Crippen molar-refractivity contribution in [3.63, 3.8) is 0 Å². The molecule has 0 saturated carbocycles. The van der Waals surface area contributed by atoms with Gasteiger partial charge in [-0.3, -0.25) is 14.5 Å². The lowest BCUT2D eigenvalue weighted by Crippen LogP contribution is -2.40. The first-order valence-electron chi connectivity index (χ1n) is 9.90. The second kappa shape index (κ2) is 9.69. The third-order valence-corrected chi connectivity index (χ3v) is 5.21. The van der Waals surface area contributed by atoms with E-state index in [-0.39, 0.29) is 24.7 Å². The minimum Gasteiger partial charge on any atom is -0.355 e. The summed E-state index contributed by atoms with van der Waals surface area (Å²) in [4.78, 5) is 28.1. The van der Waals surface area contributed by atoms with E-state index in [0.717, 1.165) is 6.20 Å². The molecule has 0 aliphatic carbocycles. The molecule has 1 fully saturated rings. The number of nitrogens with zero attached hydrogens (tertiary/aromatic N) is 4. The van der Waals surface area contributed by atoms with Crippen LogP contribution in [0.4, 0.5) is 13.2 Å². The number of alkyl halides is 3. The van der Waals surface area contributed by atoms with Gasteiger partial charge < -0.3 is 10.2 Å². The molecule has 2 heterocycles. The Labute approximate surface area is 182 Å². The largest absolute Gasteiger partial charge is 0.434 e. The van der Waals surface area contributed by atoms with E-state index in [9.17, 15) is 22.8 Å². The van der Waals surface area contributed by atoms with Crippen molar-refractivity contribution in [2.45, 2.75) is 19.5 Å². The molecular formula is C20H23ClF3N5O2. The maximum absolute atomic E-state index is 13.9. The van der Waals surface area contributed by atoms with Crippen LogP contribution in [0.5, 0.6) is 0 Å². The van der Waals surface area contributed by atoms with E-state index in [4.69, 9.17) is 11.6 Å². The molecule has 168 valence electrons. The first-order chi connectivity index (χ1) is 14.7. The number of aromatic nitrogens is 2. The molecule has 31 heavy (non-hydrogen) atoms. The summed E-state index contributed by atoms with van der Waals surface area (Å²) >= 11 is 5.82. The van der Waals surface area contributed by atoms with E-state index >= 15 is 0 Å². The highest BCUT2D eigenvalue weighted by Crippen LogP contribution is 2.34. The number of hydrogen-bond acceptors (Lipinski definition) is 4. The van der Waals surface area contributed by atoms with Crippen molar-refractivity contribution in [3.05, 3.63) is 46.7 Å². The predicted molar refractivity (Wildman–Crippen MR) is 109 cm³/mol. The van der Waals surface area contributed by atoms with Crippen molar-refractivity contribution in [1.29, 1.82) is 0 Å². The zero-order valence-corrected chi connectivity index (χ0v) is 17.7. The highest BCUT2D eigenvalue weighted by atomic mass is 35.5. The van der Waals surface area contributed by atoms with Crippen LogP contribution in [0.1, 0.15) is 29.4 Å². The lowest BCUT2D eigenvalue weighted by molar-refractivity contribution is -0.143. The minimum atomic E-state index is -4.78. The van der Waals surface area contributed by atoms with Crippen LogP contribution in [-0.4, -0.2) is 70.7 Å². The van der Waals surface area contributed by atoms with E-state index in [1.54, 1.807) is 0 Å². The smallest absolute Gasteiger partial charge is 0.355 e. The molecule has 0 spiro atoms. The Morgan fingerprint density at radius 3 is 2.48 bits per heavy atom. The first kappa shape index (κ1) is 23.1. The van der Waals surface area contributed by atoms with Crippen LogP contribution in [0.2, 0.25) is 5.02 Å². The summed E-state index contributed by atoms with van der Waals surface area (Å²) in [5.41, 5.74) is -1.47. The molecule has 2 amide bonds. The molecule has 0 radical (unpaired) electrons. The second-order valence-corrected chi connectivity index (χ2v) is 7.60. The van der Waals surface area contributed by atoms with E-state index in [1.807, 2.05) is 11.8 Å². The van der Waals surface area contributed by atoms with E-state index in [2.05, 4.69) is 10.4 Å². The zero-order chi connectivity index (χ0) is 22.6. The lowest BCUT2D eigenvalue weighted by atomic mass is 10.2. The molecule has 0 atom stereocenters. The fourth-order valence-corrected chi connectivity index (χ4v) is 3.64. The molecule has 3 rings (SSSR count). The van der Waals surface area contributed by atoms with Crippen molar-refractivity contribution in [2.24, 2.45) is 0 Å². The van der Waals surface area contributed by atoms with Gasteiger partial charge in [0.25, 0.3) is 5.91 Å². The van der Waals surface area contributed by atoms with Crippen molar-refractivity contribution in [2.75, 3.05) is 39.3 Å². The third-order valence-electron chi connectivity index (χ3n) is 4.96. The standard InChI is InChI=1S/C20H23ClF3N5O2/c1-2-25-17(30)13-27-8-3-9-28(11-10-27)19(31)16-12-26-29(18(16)20(22,23)24)15-6-4-14(21)5-7-15/h4-7,12H,2-3,8-11,13H2,1H3,(H,25,30). The molecule has 2 aromatic rings. The van der Waals surface area contributed by atoms with E-state index in [0.29, 0.717) is 42.3 Å². The fraction of sp³-hybridized carbons (Fsp3) is 0.450. The molecule has 0 bridgehead atoms. The topological polar surface area (TPSA) is 70.5 Å². The third kappa shape index (κ3) is 5.56. The number of amides is 2. The van der Waals surface area contributed by atoms with Gasteiger partial charge in [0.2, 0.25) is 5.91 Å². The molecule has 1 saturated heterocycles. The van der Waals surface area contributed by atoms with Gasteiger partial charge in [0.15, 0.2) is 5.69 Å². The van der Waals surface area contributed by atoms with Gasteiger partial charge in [0, 0.05) is 37.7 Å². The molecular weight excluding hydrogens is 435 g/mol. The van der Waals surface area contributed by atoms with Crippen molar-refractivity contribution in [3.8, 4) is 5.69 Å². The van der Waals surface area contributed by atoms with Gasteiger partial charge in [-0.1, -0.05) is 11.6 Å². The summed E-state index contributed by atoms with van der Waals surface area (Å²) in [6.07, 6.45) is -3.27. The Kier molecular flexibility index (Phi) is 7.22. The van der Waals surface area contributed by atoms with Crippen molar-refractivity contribution < 1.29 is 22.8 Å². The monoisotopic (exact) mass is 457 g/mol. The Morgan fingerprint density at radius 1 is 1.13 bits per heavy atom. The summed E-state index contributed by atoms with van der Waals surface area (Å²) in [7, 11) is 0. The maximum Gasteiger partial charge on any atom is 0.434 e. The van der Waals surface area contributed by atoms with Gasteiger partial charge in [-0.2, -0.15) is 18.3 Å². The van der Waals surface area contributed by atoms with E-state index < -0.39 is 23.3 Å². The Morgan fingerprint density at radius 2 is 1.84 bits per heavy atom. The maximum atomic E-state index is 13.9. The molecule has 7 nitrogen and oxygen atoms in total. The summed E-state index contributed by atoms with van der Waals surface area (Å²) in [5.74, 6) is -0.849. The number of hydrogen-bond donors (Lipinski definition) is 1. The van der Waals surface area contributed by atoms with Gasteiger partial charge in [-0.05, 0) is 37.6 Å². The van der Waals surface area contributed by atoms with Crippen LogP contribution in [0.15, 0.2) is 30.5 Å². The molecule has 0 unspecified atom stereocenters. The van der Waals surface area contributed by atoms with Gasteiger partial charge in [0.05, 0.1) is 24.0 Å². The quantitative estimate of drug-likeness (QED) is 0.749. The predicted octanol–water partition coefficient (Wildman–Crippen LogP) is 2.83.